The minimum atomic E-state index is -4.03. The number of nitrogens with zero attached hydrogens (tertiary/aromatic N) is 1. The smallest absolute Gasteiger partial charge is 0.264 e. The zero-order chi connectivity index (χ0) is 28.0. The molecule has 3 aromatic carbocycles. The van der Waals surface area contributed by atoms with E-state index in [1.807, 2.05) is 45.9 Å². The molecule has 3 rings (SSSR count). The quantitative estimate of drug-likeness (QED) is 0.328. The summed E-state index contributed by atoms with van der Waals surface area (Å²) in [5.74, 6) is 1.22. The molecule has 38 heavy (non-hydrogen) atoms. The summed E-state index contributed by atoms with van der Waals surface area (Å²) in [5.41, 5.74) is 4.39. The Hall–Kier alpha value is -3.52. The van der Waals surface area contributed by atoms with Gasteiger partial charge in [-0.05, 0) is 98.8 Å². The van der Waals surface area contributed by atoms with Gasteiger partial charge in [0.2, 0.25) is 5.91 Å². The van der Waals surface area contributed by atoms with Crippen LogP contribution in [0.3, 0.4) is 0 Å². The van der Waals surface area contributed by atoms with Gasteiger partial charge in [-0.1, -0.05) is 31.5 Å². The molecule has 0 bridgehead atoms. The highest BCUT2D eigenvalue weighted by molar-refractivity contribution is 7.92. The van der Waals surface area contributed by atoms with Crippen molar-refractivity contribution in [1.82, 2.24) is 5.32 Å². The summed E-state index contributed by atoms with van der Waals surface area (Å²) >= 11 is 0. The molecule has 3 aromatic rings. The van der Waals surface area contributed by atoms with Crippen LogP contribution in [0.15, 0.2) is 65.6 Å². The molecular weight excluding hydrogens is 500 g/mol. The van der Waals surface area contributed by atoms with Crippen molar-refractivity contribution in [2.45, 2.75) is 58.4 Å². The third-order valence-electron chi connectivity index (χ3n) is 6.42. The Balaban J connectivity index is 1.90. The molecule has 0 saturated carbocycles. The van der Waals surface area contributed by atoms with Crippen LogP contribution in [0.4, 0.5) is 5.69 Å². The van der Waals surface area contributed by atoms with Crippen molar-refractivity contribution < 1.29 is 22.7 Å². The van der Waals surface area contributed by atoms with E-state index in [0.717, 1.165) is 32.3 Å². The maximum absolute atomic E-state index is 13.7. The van der Waals surface area contributed by atoms with E-state index in [0.29, 0.717) is 18.0 Å². The van der Waals surface area contributed by atoms with E-state index in [-0.39, 0.29) is 23.4 Å². The maximum Gasteiger partial charge on any atom is 0.264 e. The van der Waals surface area contributed by atoms with E-state index in [9.17, 15) is 13.2 Å². The number of carbonyl (C=O) groups is 1. The normalized spacial score (nSPS) is 12.2. The standard InChI is InChI=1S/C30H38N2O5S/c1-8-37-25-13-15-26(16-14-25)38(34,35)32(24-11-9-21(4)10-12-24)19-30(33)31-23(6)28-18-27(20(2)3)29(36-7)17-22(28)5/h9-18,20,23H,8,19H2,1-7H3,(H,31,33). The predicted octanol–water partition coefficient (Wildman–Crippen LogP) is 5.91. The monoisotopic (exact) mass is 538 g/mol. The lowest BCUT2D eigenvalue weighted by atomic mass is 9.93. The molecule has 8 heteroatoms. The van der Waals surface area contributed by atoms with Gasteiger partial charge in [0, 0.05) is 0 Å². The second-order valence-electron chi connectivity index (χ2n) is 9.65. The zero-order valence-electron chi connectivity index (χ0n) is 23.2. The highest BCUT2D eigenvalue weighted by Gasteiger charge is 2.28. The molecule has 0 aliphatic heterocycles. The summed E-state index contributed by atoms with van der Waals surface area (Å²) in [6.07, 6.45) is 0. The number of nitrogens with one attached hydrogen (secondary N) is 1. The second kappa shape index (κ2) is 12.3. The van der Waals surface area contributed by atoms with Crippen molar-refractivity contribution in [3.8, 4) is 11.5 Å². The van der Waals surface area contributed by atoms with Gasteiger partial charge >= 0.3 is 0 Å². The Bertz CT molecular complexity index is 1350. The fourth-order valence-corrected chi connectivity index (χ4v) is 5.75. The average molecular weight is 539 g/mol. The minimum absolute atomic E-state index is 0.0787. The number of benzene rings is 3. The molecule has 204 valence electrons. The van der Waals surface area contributed by atoms with E-state index in [1.54, 1.807) is 31.4 Å². The van der Waals surface area contributed by atoms with Gasteiger partial charge in [-0.25, -0.2) is 8.42 Å². The fraction of sp³-hybridized carbons (Fsp3) is 0.367. The summed E-state index contributed by atoms with van der Waals surface area (Å²) in [7, 11) is -2.38. The van der Waals surface area contributed by atoms with Crippen LogP contribution in [-0.2, 0) is 14.8 Å². The molecule has 0 aliphatic rings. The number of anilines is 1. The molecule has 1 N–H and O–H groups in total. The number of rotatable bonds is 11. The summed E-state index contributed by atoms with van der Waals surface area (Å²) in [6.45, 7) is 11.9. The SMILES string of the molecule is CCOc1ccc(S(=O)(=O)N(CC(=O)NC(C)c2cc(C(C)C)c(OC)cc2C)c2ccc(C)cc2)cc1. The number of hydrogen-bond acceptors (Lipinski definition) is 5. The van der Waals surface area contributed by atoms with Gasteiger partial charge in [0.1, 0.15) is 18.0 Å². The molecule has 0 aromatic heterocycles. The molecule has 0 aliphatic carbocycles. The molecule has 7 nitrogen and oxygen atoms in total. The van der Waals surface area contributed by atoms with Crippen LogP contribution in [0.25, 0.3) is 0 Å². The van der Waals surface area contributed by atoms with Crippen LogP contribution >= 0.6 is 0 Å². The van der Waals surface area contributed by atoms with Gasteiger partial charge in [-0.3, -0.25) is 9.10 Å². The lowest BCUT2D eigenvalue weighted by Gasteiger charge is -2.26. The summed E-state index contributed by atoms with van der Waals surface area (Å²) in [6, 6.07) is 17.0. The molecule has 0 heterocycles. The Morgan fingerprint density at radius 2 is 1.58 bits per heavy atom. The number of carbonyl (C=O) groups excluding carboxylic acids is 1. The van der Waals surface area contributed by atoms with Crippen LogP contribution in [-0.4, -0.2) is 34.6 Å². The summed E-state index contributed by atoms with van der Waals surface area (Å²) in [4.78, 5) is 13.4. The van der Waals surface area contributed by atoms with Gasteiger partial charge in [-0.2, -0.15) is 0 Å². The highest BCUT2D eigenvalue weighted by atomic mass is 32.2. The highest BCUT2D eigenvalue weighted by Crippen LogP contribution is 2.32. The number of methoxy groups -OCH3 is 1. The Labute approximate surface area is 226 Å². The molecular formula is C30H38N2O5S. The number of aryl methyl sites for hydroxylation is 2. The van der Waals surface area contributed by atoms with Gasteiger partial charge in [-0.15, -0.1) is 0 Å². The third kappa shape index (κ3) is 6.67. The Morgan fingerprint density at radius 1 is 0.947 bits per heavy atom. The molecule has 0 saturated heterocycles. The first-order valence-corrected chi connectivity index (χ1v) is 14.2. The van der Waals surface area contributed by atoms with Crippen LogP contribution in [0, 0.1) is 13.8 Å². The minimum Gasteiger partial charge on any atom is -0.496 e. The van der Waals surface area contributed by atoms with E-state index in [4.69, 9.17) is 9.47 Å². The third-order valence-corrected chi connectivity index (χ3v) is 8.20. The number of sulfonamides is 1. The van der Waals surface area contributed by atoms with Crippen molar-refractivity contribution in [3.05, 3.63) is 82.9 Å². The van der Waals surface area contributed by atoms with Crippen molar-refractivity contribution in [1.29, 1.82) is 0 Å². The molecule has 0 spiro atoms. The molecule has 1 unspecified atom stereocenters. The summed E-state index contributed by atoms with van der Waals surface area (Å²) < 4.78 is 39.6. The molecule has 1 atom stereocenters. The Morgan fingerprint density at radius 3 is 2.13 bits per heavy atom. The van der Waals surface area contributed by atoms with Gasteiger partial charge in [0.15, 0.2) is 0 Å². The average Bonchev–Trinajstić information content (AvgIpc) is 2.87. The van der Waals surface area contributed by atoms with Gasteiger partial charge in [0.25, 0.3) is 10.0 Å². The topological polar surface area (TPSA) is 84.9 Å². The van der Waals surface area contributed by atoms with Crippen LogP contribution in [0.1, 0.15) is 61.9 Å². The van der Waals surface area contributed by atoms with Crippen LogP contribution in [0.5, 0.6) is 11.5 Å². The van der Waals surface area contributed by atoms with Crippen LogP contribution in [0.2, 0.25) is 0 Å². The molecule has 0 radical (unpaired) electrons. The summed E-state index contributed by atoms with van der Waals surface area (Å²) in [5, 5.41) is 3.00. The van der Waals surface area contributed by atoms with Crippen molar-refractivity contribution >= 4 is 21.6 Å². The largest absolute Gasteiger partial charge is 0.496 e. The first-order valence-electron chi connectivity index (χ1n) is 12.8. The van der Waals surface area contributed by atoms with Crippen molar-refractivity contribution in [2.24, 2.45) is 0 Å². The van der Waals surface area contributed by atoms with Crippen molar-refractivity contribution in [2.75, 3.05) is 24.6 Å². The Kier molecular flexibility index (Phi) is 9.44. The van der Waals surface area contributed by atoms with Gasteiger partial charge < -0.3 is 14.8 Å². The predicted molar refractivity (Wildman–Crippen MR) is 152 cm³/mol. The lowest BCUT2D eigenvalue weighted by Crippen LogP contribution is -2.41. The maximum atomic E-state index is 13.7. The fourth-order valence-electron chi connectivity index (χ4n) is 4.33. The van der Waals surface area contributed by atoms with E-state index in [1.165, 1.54) is 12.1 Å². The first kappa shape index (κ1) is 29.0. The molecule has 0 fully saturated rings. The number of amides is 1. The van der Waals surface area contributed by atoms with Crippen molar-refractivity contribution in [3.63, 3.8) is 0 Å². The number of ether oxygens (including phenoxy) is 2. The van der Waals surface area contributed by atoms with E-state index >= 15 is 0 Å². The first-order chi connectivity index (χ1) is 18.0. The zero-order valence-corrected chi connectivity index (χ0v) is 24.1. The number of hydrogen-bond donors (Lipinski definition) is 1. The lowest BCUT2D eigenvalue weighted by molar-refractivity contribution is -0.120. The van der Waals surface area contributed by atoms with Gasteiger partial charge in [0.05, 0.1) is 30.3 Å². The molecule has 1 amide bonds. The van der Waals surface area contributed by atoms with Crippen LogP contribution < -0.4 is 19.1 Å². The second-order valence-corrected chi connectivity index (χ2v) is 11.5. The van der Waals surface area contributed by atoms with E-state index < -0.39 is 15.9 Å². The van der Waals surface area contributed by atoms with E-state index in [2.05, 4.69) is 25.2 Å².